The largest absolute Gasteiger partial charge is 0.389 e. The highest BCUT2D eigenvalue weighted by molar-refractivity contribution is 5.30. The van der Waals surface area contributed by atoms with Gasteiger partial charge in [-0.15, -0.1) is 0 Å². The minimum atomic E-state index is -1.62. The molecule has 0 aromatic heterocycles. The Hall–Kier alpha value is -0.930. The van der Waals surface area contributed by atoms with Crippen LogP contribution in [0.2, 0.25) is 0 Å². The predicted molar refractivity (Wildman–Crippen MR) is 98.3 cm³/mol. The summed E-state index contributed by atoms with van der Waals surface area (Å²) in [6.07, 6.45) is 7.67. The Kier molecular flexibility index (Phi) is 3.74. The molecular formula is C22H31NO4. The van der Waals surface area contributed by atoms with Gasteiger partial charge in [0.25, 0.3) is 0 Å². The first kappa shape index (κ1) is 18.1. The molecule has 5 heteroatoms. The van der Waals surface area contributed by atoms with Crippen LogP contribution in [0.15, 0.2) is 11.6 Å². The Balaban J connectivity index is 1.48. The average Bonchev–Trinajstić information content (AvgIpc) is 3.19. The highest BCUT2D eigenvalue weighted by Gasteiger charge is 2.68. The molecule has 148 valence electrons. The van der Waals surface area contributed by atoms with Crippen molar-refractivity contribution in [3.8, 4) is 6.07 Å². The van der Waals surface area contributed by atoms with E-state index in [-0.39, 0.29) is 11.3 Å². The summed E-state index contributed by atoms with van der Waals surface area (Å²) in [7, 11) is 0. The normalized spacial score (nSPS) is 53.2. The number of fused-ring (bicyclic) bond motifs is 5. The highest BCUT2D eigenvalue weighted by Crippen LogP contribution is 2.67. The van der Waals surface area contributed by atoms with Crippen LogP contribution in [0.1, 0.15) is 58.8 Å². The van der Waals surface area contributed by atoms with Crippen LogP contribution in [0.25, 0.3) is 0 Å². The lowest BCUT2D eigenvalue weighted by Crippen LogP contribution is -2.56. The summed E-state index contributed by atoms with van der Waals surface area (Å²) >= 11 is 0. The molecule has 0 bridgehead atoms. The number of nitriles is 1. The zero-order valence-corrected chi connectivity index (χ0v) is 16.4. The lowest BCUT2D eigenvalue weighted by molar-refractivity contribution is -0.187. The van der Waals surface area contributed by atoms with Gasteiger partial charge < -0.3 is 19.7 Å². The second-order valence-corrected chi connectivity index (χ2v) is 10.1. The molecule has 0 radical (unpaired) electrons. The van der Waals surface area contributed by atoms with E-state index < -0.39 is 22.9 Å². The Morgan fingerprint density at radius 1 is 1.15 bits per heavy atom. The van der Waals surface area contributed by atoms with E-state index in [9.17, 15) is 15.5 Å². The second kappa shape index (κ2) is 5.57. The molecule has 3 unspecified atom stereocenters. The molecule has 3 saturated carbocycles. The van der Waals surface area contributed by atoms with Crippen molar-refractivity contribution in [2.45, 2.75) is 76.3 Å². The molecule has 1 aliphatic heterocycles. The van der Waals surface area contributed by atoms with Crippen LogP contribution in [-0.2, 0) is 9.47 Å². The summed E-state index contributed by atoms with van der Waals surface area (Å²) in [5.74, 6) is 0.767. The van der Waals surface area contributed by atoms with Gasteiger partial charge in [0.2, 0.25) is 0 Å². The van der Waals surface area contributed by atoms with Crippen molar-refractivity contribution >= 4 is 0 Å². The maximum atomic E-state index is 11.0. The number of hydrogen-bond donors (Lipinski definition) is 2. The summed E-state index contributed by atoms with van der Waals surface area (Å²) in [6, 6.07) is 2.08. The third kappa shape index (κ3) is 2.13. The van der Waals surface area contributed by atoms with Gasteiger partial charge in [0, 0.05) is 18.3 Å². The molecule has 4 fully saturated rings. The standard InChI is InChI=1S/C22H31NO4/c1-19-7-8-21(26-9-10-27-21)12-14(19)3-4-15-16(19)5-6-20(2)17(15)11-18(24)22(20,25)13-23/h3,15-18,24-25H,4-12H2,1-2H3/t15?,16?,17?,18-,19+,20+,22-/m1/s1. The molecule has 2 N–H and O–H groups in total. The monoisotopic (exact) mass is 373 g/mol. The fourth-order valence-corrected chi connectivity index (χ4v) is 7.57. The highest BCUT2D eigenvalue weighted by atomic mass is 16.7. The van der Waals surface area contributed by atoms with E-state index in [2.05, 4.69) is 19.1 Å². The van der Waals surface area contributed by atoms with Crippen molar-refractivity contribution in [3.63, 3.8) is 0 Å². The number of nitrogens with zero attached hydrogens (tertiary/aromatic N) is 1. The molecular weight excluding hydrogens is 342 g/mol. The number of ether oxygens (including phenoxy) is 2. The summed E-state index contributed by atoms with van der Waals surface area (Å²) in [5, 5.41) is 31.2. The molecule has 27 heavy (non-hydrogen) atoms. The van der Waals surface area contributed by atoms with Crippen LogP contribution < -0.4 is 0 Å². The van der Waals surface area contributed by atoms with E-state index in [4.69, 9.17) is 9.47 Å². The Labute approximate surface area is 161 Å². The van der Waals surface area contributed by atoms with Gasteiger partial charge in [-0.3, -0.25) is 0 Å². The number of aliphatic hydroxyl groups excluding tert-OH is 1. The minimum Gasteiger partial charge on any atom is -0.389 e. The fourth-order valence-electron chi connectivity index (χ4n) is 7.57. The maximum Gasteiger partial charge on any atom is 0.182 e. The van der Waals surface area contributed by atoms with Gasteiger partial charge in [0.15, 0.2) is 11.4 Å². The topological polar surface area (TPSA) is 82.7 Å². The Morgan fingerprint density at radius 3 is 2.59 bits per heavy atom. The van der Waals surface area contributed by atoms with Gasteiger partial charge in [0.1, 0.15) is 6.07 Å². The Morgan fingerprint density at radius 2 is 1.89 bits per heavy atom. The molecule has 5 nitrogen and oxygen atoms in total. The number of hydrogen-bond acceptors (Lipinski definition) is 5. The lowest BCUT2D eigenvalue weighted by Gasteiger charge is -2.59. The number of aliphatic hydroxyl groups is 2. The fraction of sp³-hybridized carbons (Fsp3) is 0.864. The van der Waals surface area contributed by atoms with Crippen LogP contribution in [0.4, 0.5) is 0 Å². The van der Waals surface area contributed by atoms with Crippen molar-refractivity contribution in [1.29, 1.82) is 5.26 Å². The molecule has 0 aromatic carbocycles. The van der Waals surface area contributed by atoms with E-state index in [1.165, 1.54) is 5.57 Å². The average molecular weight is 373 g/mol. The minimum absolute atomic E-state index is 0.142. The molecule has 0 aromatic rings. The van der Waals surface area contributed by atoms with Crippen LogP contribution in [0.3, 0.4) is 0 Å². The smallest absolute Gasteiger partial charge is 0.182 e. The summed E-state index contributed by atoms with van der Waals surface area (Å²) in [6.45, 7) is 5.83. The summed E-state index contributed by atoms with van der Waals surface area (Å²) in [4.78, 5) is 0. The molecule has 0 amide bonds. The van der Waals surface area contributed by atoms with E-state index in [1.807, 2.05) is 6.92 Å². The maximum absolute atomic E-state index is 11.0. The molecule has 4 aliphatic carbocycles. The van der Waals surface area contributed by atoms with Gasteiger partial charge in [-0.1, -0.05) is 25.5 Å². The SMILES string of the molecule is C[C@]12CCC3(CC1=CCC1C2CC[C@@]2(C)C1C[C@@H](O)[C@]2(O)C#N)OCCO3. The van der Waals surface area contributed by atoms with Gasteiger partial charge >= 0.3 is 0 Å². The Bertz CT molecular complexity index is 722. The number of rotatable bonds is 0. The quantitative estimate of drug-likeness (QED) is 0.504. The number of allylic oxidation sites excluding steroid dienone is 1. The zero-order chi connectivity index (χ0) is 19.1. The van der Waals surface area contributed by atoms with Gasteiger partial charge in [-0.2, -0.15) is 5.26 Å². The van der Waals surface area contributed by atoms with E-state index in [0.29, 0.717) is 31.5 Å². The molecule has 1 saturated heterocycles. The zero-order valence-electron chi connectivity index (χ0n) is 16.4. The van der Waals surface area contributed by atoms with Crippen molar-refractivity contribution in [3.05, 3.63) is 11.6 Å². The molecule has 5 rings (SSSR count). The van der Waals surface area contributed by atoms with Crippen LogP contribution >= 0.6 is 0 Å². The van der Waals surface area contributed by atoms with Gasteiger partial charge in [-0.05, 0) is 55.3 Å². The predicted octanol–water partition coefficient (Wildman–Crippen LogP) is 2.92. The van der Waals surface area contributed by atoms with Crippen molar-refractivity contribution in [1.82, 2.24) is 0 Å². The van der Waals surface area contributed by atoms with E-state index in [0.717, 1.165) is 38.5 Å². The van der Waals surface area contributed by atoms with Crippen molar-refractivity contribution in [2.75, 3.05) is 13.2 Å². The van der Waals surface area contributed by atoms with Crippen molar-refractivity contribution < 1.29 is 19.7 Å². The first-order valence-electron chi connectivity index (χ1n) is 10.6. The van der Waals surface area contributed by atoms with E-state index in [1.54, 1.807) is 0 Å². The third-order valence-corrected chi connectivity index (χ3v) is 9.31. The van der Waals surface area contributed by atoms with E-state index >= 15 is 0 Å². The van der Waals surface area contributed by atoms with Gasteiger partial charge in [0.05, 0.1) is 19.3 Å². The van der Waals surface area contributed by atoms with Crippen LogP contribution in [-0.4, -0.2) is 40.9 Å². The third-order valence-electron chi connectivity index (χ3n) is 9.31. The first-order chi connectivity index (χ1) is 12.8. The van der Waals surface area contributed by atoms with Crippen LogP contribution in [0.5, 0.6) is 0 Å². The molecule has 1 spiro atoms. The molecule has 7 atom stereocenters. The van der Waals surface area contributed by atoms with Gasteiger partial charge in [-0.25, -0.2) is 0 Å². The van der Waals surface area contributed by atoms with Crippen molar-refractivity contribution in [2.24, 2.45) is 28.6 Å². The van der Waals surface area contributed by atoms with Crippen LogP contribution in [0, 0.1) is 39.9 Å². The summed E-state index contributed by atoms with van der Waals surface area (Å²) in [5.41, 5.74) is -0.509. The first-order valence-corrected chi connectivity index (χ1v) is 10.6. The lowest BCUT2D eigenvalue weighted by atomic mass is 9.47. The summed E-state index contributed by atoms with van der Waals surface area (Å²) < 4.78 is 12.0. The second-order valence-electron chi connectivity index (χ2n) is 10.1. The molecule has 5 aliphatic rings. The molecule has 1 heterocycles.